The van der Waals surface area contributed by atoms with E-state index in [-0.39, 0.29) is 0 Å². The number of para-hydroxylation sites is 15. The average Bonchev–Trinajstić information content (AvgIpc) is 1.55. The minimum absolute atomic E-state index is 0.916. The third kappa shape index (κ3) is 12.2. The van der Waals surface area contributed by atoms with Gasteiger partial charge in [0.2, 0.25) is 0 Å². The van der Waals surface area contributed by atoms with Gasteiger partial charge in [-0.15, -0.1) is 0 Å². The van der Waals surface area contributed by atoms with E-state index in [0.29, 0.717) is 0 Å². The first-order valence-corrected chi connectivity index (χ1v) is 48.4. The summed E-state index contributed by atoms with van der Waals surface area (Å²) in [4.78, 5) is 0. The third-order valence-electron chi connectivity index (χ3n) is 29.4. The van der Waals surface area contributed by atoms with E-state index in [0.717, 1.165) is 72.9 Å². The molecular formula is C132H84N8O. The molecule has 0 aliphatic carbocycles. The van der Waals surface area contributed by atoms with Gasteiger partial charge in [-0.25, -0.2) is 0 Å². The van der Waals surface area contributed by atoms with Gasteiger partial charge >= 0.3 is 0 Å². The number of aromatic nitrogens is 8. The Morgan fingerprint density at radius 1 is 0.121 bits per heavy atom. The maximum absolute atomic E-state index is 6.38. The van der Waals surface area contributed by atoms with E-state index in [1.807, 2.05) is 12.1 Å². The summed E-state index contributed by atoms with van der Waals surface area (Å²) in [6, 6.07) is 184. The molecule has 0 atom stereocenters. The molecule has 31 rings (SSSR count). The number of furan rings is 1. The Labute approximate surface area is 809 Å². The van der Waals surface area contributed by atoms with E-state index in [4.69, 9.17) is 4.42 Å². The van der Waals surface area contributed by atoms with E-state index in [1.165, 1.54) is 191 Å². The van der Waals surface area contributed by atoms with E-state index < -0.39 is 0 Å². The number of hydrogen-bond donors (Lipinski definition) is 0. The van der Waals surface area contributed by atoms with Crippen molar-refractivity contribution in [2.75, 3.05) is 0 Å². The molecule has 0 N–H and O–H groups in total. The topological polar surface area (TPSA) is 52.6 Å². The predicted molar refractivity (Wildman–Crippen MR) is 592 cm³/mol. The van der Waals surface area contributed by atoms with Crippen molar-refractivity contribution in [3.05, 3.63) is 510 Å². The molecule has 9 aromatic heterocycles. The van der Waals surface area contributed by atoms with Crippen LogP contribution in [0.3, 0.4) is 0 Å². The highest BCUT2D eigenvalue weighted by atomic mass is 16.3. The van der Waals surface area contributed by atoms with Gasteiger partial charge in [0.15, 0.2) is 0 Å². The Balaban J connectivity index is 0.000000102. The van der Waals surface area contributed by atoms with E-state index in [2.05, 4.69) is 534 Å². The van der Waals surface area contributed by atoms with Crippen LogP contribution < -0.4 is 0 Å². The van der Waals surface area contributed by atoms with E-state index in [1.54, 1.807) is 0 Å². The Morgan fingerprint density at radius 2 is 0.326 bits per heavy atom. The van der Waals surface area contributed by atoms with Crippen LogP contribution in [-0.4, -0.2) is 36.5 Å². The van der Waals surface area contributed by atoms with Crippen molar-refractivity contribution in [3.8, 4) is 67.8 Å². The molecule has 658 valence electrons. The Morgan fingerprint density at radius 3 is 0.652 bits per heavy atom. The van der Waals surface area contributed by atoms with Gasteiger partial charge in [-0.05, 0) is 193 Å². The van der Waals surface area contributed by atoms with Crippen LogP contribution in [0.15, 0.2) is 514 Å². The summed E-state index contributed by atoms with van der Waals surface area (Å²) in [5, 5.41) is 22.4. The molecule has 22 aromatic carbocycles. The number of fused-ring (bicyclic) bond motifs is 30. The zero-order valence-corrected chi connectivity index (χ0v) is 76.5. The average molecular weight is 1800 g/mol. The van der Waals surface area contributed by atoms with E-state index >= 15 is 0 Å². The molecule has 0 bridgehead atoms. The monoisotopic (exact) mass is 1800 g/mol. The van der Waals surface area contributed by atoms with Gasteiger partial charge in [0.1, 0.15) is 11.2 Å². The second-order valence-electron chi connectivity index (χ2n) is 36.9. The van der Waals surface area contributed by atoms with Gasteiger partial charge in [0.05, 0.1) is 88.3 Å². The smallest absolute Gasteiger partial charge is 0.143 e. The lowest BCUT2D eigenvalue weighted by Crippen LogP contribution is -1.99. The summed E-state index contributed by atoms with van der Waals surface area (Å²) >= 11 is 0. The van der Waals surface area contributed by atoms with Gasteiger partial charge in [0, 0.05) is 148 Å². The fourth-order valence-electron chi connectivity index (χ4n) is 23.4. The molecule has 0 fully saturated rings. The highest BCUT2D eigenvalue weighted by Crippen LogP contribution is 2.49. The lowest BCUT2D eigenvalue weighted by molar-refractivity contribution is 0.670. The van der Waals surface area contributed by atoms with Crippen LogP contribution in [0.4, 0.5) is 0 Å². The Hall–Kier alpha value is -19.0. The maximum atomic E-state index is 6.38. The molecule has 0 spiro atoms. The fourth-order valence-corrected chi connectivity index (χ4v) is 23.4. The number of benzene rings is 22. The van der Waals surface area contributed by atoms with Crippen LogP contribution in [-0.2, 0) is 0 Å². The molecule has 31 aromatic rings. The summed E-state index contributed by atoms with van der Waals surface area (Å²) in [7, 11) is 0. The van der Waals surface area contributed by atoms with Crippen molar-refractivity contribution in [3.63, 3.8) is 0 Å². The van der Waals surface area contributed by atoms with Gasteiger partial charge in [-0.3, -0.25) is 0 Å². The molecule has 141 heavy (non-hydrogen) atoms. The first kappa shape index (κ1) is 79.4. The predicted octanol–water partition coefficient (Wildman–Crippen LogP) is 35.1. The highest BCUT2D eigenvalue weighted by molar-refractivity contribution is 6.28. The van der Waals surface area contributed by atoms with Crippen LogP contribution >= 0.6 is 0 Å². The fraction of sp³-hybridized carbons (Fsp3) is 0. The largest absolute Gasteiger partial charge is 0.455 e. The quantitative estimate of drug-likeness (QED) is 0.135. The number of rotatable bonds is 10. The van der Waals surface area contributed by atoms with Gasteiger partial charge in [-0.1, -0.05) is 334 Å². The van der Waals surface area contributed by atoms with Crippen molar-refractivity contribution in [1.82, 2.24) is 36.5 Å². The van der Waals surface area contributed by atoms with Crippen molar-refractivity contribution in [2.45, 2.75) is 0 Å². The summed E-state index contributed by atoms with van der Waals surface area (Å²) in [6.07, 6.45) is 0. The van der Waals surface area contributed by atoms with Crippen molar-refractivity contribution >= 4 is 196 Å². The lowest BCUT2D eigenvalue weighted by atomic mass is 10.0. The maximum Gasteiger partial charge on any atom is 0.143 e. The minimum Gasteiger partial charge on any atom is -0.455 e. The lowest BCUT2D eigenvalue weighted by Gasteiger charge is -2.14. The zero-order chi connectivity index (χ0) is 92.4. The Kier molecular flexibility index (Phi) is 17.9. The molecule has 0 saturated heterocycles. The molecule has 0 aliphatic heterocycles. The van der Waals surface area contributed by atoms with Gasteiger partial charge in [-0.2, -0.15) is 0 Å². The second-order valence-corrected chi connectivity index (χ2v) is 36.9. The normalized spacial score (nSPS) is 12.0. The molecule has 9 heteroatoms. The van der Waals surface area contributed by atoms with Crippen LogP contribution in [0.1, 0.15) is 0 Å². The van der Waals surface area contributed by atoms with Crippen LogP contribution in [0, 0.1) is 0 Å². The summed E-state index contributed by atoms with van der Waals surface area (Å²) < 4.78 is 25.8. The van der Waals surface area contributed by atoms with Crippen LogP contribution in [0.25, 0.3) is 264 Å². The first-order chi connectivity index (χ1) is 70.0. The number of nitrogens with zero attached hydrogens (tertiary/aromatic N) is 8. The van der Waals surface area contributed by atoms with Gasteiger partial charge < -0.3 is 41.0 Å². The highest BCUT2D eigenvalue weighted by Gasteiger charge is 2.28. The second kappa shape index (κ2) is 31.8. The van der Waals surface area contributed by atoms with Crippen LogP contribution in [0.2, 0.25) is 0 Å². The first-order valence-electron chi connectivity index (χ1n) is 48.4. The zero-order valence-electron chi connectivity index (χ0n) is 76.5. The standard InChI is InChI=1S/C48H31N3.C42H27N3.C42H26N2O/c1-4-14-34(15-5-1)49-43-22-12-11-21-38(43)41-30-32(24-28-45(41)49)33-25-29-46-42(31-33)40-27-26-39-37-20-10-13-23-44(37)50(35-16-6-2-7-17-35)47(39)48(40)51(46)36-18-8-3-9-19-36;1-2-12-28(13-3-1)44-39-20-10-6-16-33(39)35-26-27-36-34-17-7-11-21-40(34)45(42(36)41(35)44)30-24-22-29(23-25-30)43-37-18-8-4-14-31(37)32-15-5-9-19-38(32)43;1-2-11-28(12-3-1)43-37-18-7-4-13-31(37)34-25-26-35-32-14-5-8-19-38(32)44(41(35)40(34)43)29-23-21-27(22-24-29)30-16-10-17-36-33-15-6-9-20-39(33)45-42(30)36/h1-31H;1-27H;1-26H. The summed E-state index contributed by atoms with van der Waals surface area (Å²) in [6.45, 7) is 0. The molecule has 0 saturated carbocycles. The summed E-state index contributed by atoms with van der Waals surface area (Å²) in [5.41, 5.74) is 35.1. The third-order valence-corrected chi connectivity index (χ3v) is 29.4. The van der Waals surface area contributed by atoms with E-state index in [9.17, 15) is 0 Å². The van der Waals surface area contributed by atoms with Crippen LogP contribution in [0.5, 0.6) is 0 Å². The van der Waals surface area contributed by atoms with Crippen molar-refractivity contribution < 1.29 is 4.42 Å². The van der Waals surface area contributed by atoms with Crippen molar-refractivity contribution in [2.24, 2.45) is 0 Å². The van der Waals surface area contributed by atoms with Crippen molar-refractivity contribution in [1.29, 1.82) is 0 Å². The molecule has 0 amide bonds. The Bertz CT molecular complexity index is 10400. The molecule has 0 aliphatic rings. The molecule has 0 unspecified atom stereocenters. The molecule has 9 nitrogen and oxygen atoms in total. The number of hydrogen-bond acceptors (Lipinski definition) is 1. The molecular weight excluding hydrogens is 1710 g/mol. The molecule has 9 heterocycles. The molecule has 0 radical (unpaired) electrons. The minimum atomic E-state index is 0.916. The van der Waals surface area contributed by atoms with Gasteiger partial charge in [0.25, 0.3) is 0 Å². The summed E-state index contributed by atoms with van der Waals surface area (Å²) in [5.74, 6) is 0. The SMILES string of the molecule is c1ccc(-n2c3ccccc3c3cc(-c4ccc5c(c4)c4ccc6c7ccccc7n(-c7ccccc7)c6c4n5-c4ccccc4)ccc32)cc1.c1ccc(-n2c3ccccc3c3ccc4c5ccccc5n(-c5ccc(-c6cccc7c6oc6ccccc67)cc5)c4c32)cc1.c1ccc(-n2c3ccccc3c3ccc4c5ccccc5n(-c5ccc(-n6c7ccccc7c7ccccc76)cc5)c4c32)cc1.